The summed E-state index contributed by atoms with van der Waals surface area (Å²) in [6.45, 7) is 3.44. The number of oxazole rings is 1. The Kier molecular flexibility index (Phi) is 7.43. The second-order valence-electron chi connectivity index (χ2n) is 7.05. The third-order valence-corrected chi connectivity index (χ3v) is 4.48. The number of ether oxygens (including phenoxy) is 2. The second kappa shape index (κ2) is 10.4. The van der Waals surface area contributed by atoms with Gasteiger partial charge in [0.2, 0.25) is 0 Å². The van der Waals surface area contributed by atoms with E-state index in [0.717, 1.165) is 28.5 Å². The van der Waals surface area contributed by atoms with Gasteiger partial charge in [0, 0.05) is 19.9 Å². The van der Waals surface area contributed by atoms with Crippen molar-refractivity contribution in [1.82, 2.24) is 9.88 Å². The molecule has 32 heavy (non-hydrogen) atoms. The van der Waals surface area contributed by atoms with E-state index < -0.39 is 24.4 Å². The number of aromatic nitrogens is 1. The van der Waals surface area contributed by atoms with Crippen LogP contribution in [0.3, 0.4) is 0 Å². The maximum Gasteiger partial charge on any atom is 0.416 e. The van der Waals surface area contributed by atoms with Crippen LogP contribution >= 0.6 is 0 Å². The van der Waals surface area contributed by atoms with Gasteiger partial charge >= 0.3 is 12.1 Å². The van der Waals surface area contributed by atoms with E-state index in [1.165, 1.54) is 12.1 Å². The molecule has 0 aliphatic rings. The minimum absolute atomic E-state index is 0.00881. The fraction of sp³-hybridized carbons (Fsp3) is 0.261. The molecule has 1 N–H and O–H groups in total. The summed E-state index contributed by atoms with van der Waals surface area (Å²) in [5.41, 5.74) is 1.49. The predicted molar refractivity (Wildman–Crippen MR) is 112 cm³/mol. The first-order valence-corrected chi connectivity index (χ1v) is 9.89. The lowest BCUT2D eigenvalue weighted by Gasteiger charge is -2.20. The van der Waals surface area contributed by atoms with Crippen molar-refractivity contribution in [3.63, 3.8) is 0 Å². The average Bonchev–Trinajstić information content (AvgIpc) is 3.06. The van der Waals surface area contributed by atoms with Crippen molar-refractivity contribution in [1.29, 1.82) is 0 Å². The summed E-state index contributed by atoms with van der Waals surface area (Å²) >= 11 is 0. The van der Waals surface area contributed by atoms with Crippen molar-refractivity contribution in [2.75, 3.05) is 13.2 Å². The molecule has 8 nitrogen and oxygen atoms in total. The molecule has 0 aliphatic heterocycles. The van der Waals surface area contributed by atoms with E-state index in [1.807, 2.05) is 6.92 Å². The third-order valence-electron chi connectivity index (χ3n) is 4.48. The van der Waals surface area contributed by atoms with E-state index >= 15 is 0 Å². The Morgan fingerprint density at radius 3 is 2.53 bits per heavy atom. The van der Waals surface area contributed by atoms with Gasteiger partial charge in [0.15, 0.2) is 5.89 Å². The highest BCUT2D eigenvalue weighted by atomic mass is 19.1. The summed E-state index contributed by atoms with van der Waals surface area (Å²) in [5, 5.41) is 9.18. The molecule has 0 aliphatic carbocycles. The third kappa shape index (κ3) is 6.56. The van der Waals surface area contributed by atoms with Crippen molar-refractivity contribution in [2.24, 2.45) is 0 Å². The first kappa shape index (κ1) is 22.8. The Labute approximate surface area is 184 Å². The van der Waals surface area contributed by atoms with Crippen LogP contribution in [0.1, 0.15) is 22.9 Å². The van der Waals surface area contributed by atoms with Gasteiger partial charge in [-0.3, -0.25) is 9.69 Å². The molecule has 168 valence electrons. The molecule has 0 bridgehead atoms. The number of carbonyl (C=O) groups is 2. The van der Waals surface area contributed by atoms with Crippen LogP contribution in [0.5, 0.6) is 11.5 Å². The number of nitrogens with zero attached hydrogens (tertiary/aromatic N) is 2. The first-order valence-electron chi connectivity index (χ1n) is 9.89. The summed E-state index contributed by atoms with van der Waals surface area (Å²) in [6, 6.07) is 11.9. The number of hydrogen-bond acceptors (Lipinski definition) is 6. The number of rotatable bonds is 9. The van der Waals surface area contributed by atoms with Crippen LogP contribution in [-0.4, -0.2) is 40.2 Å². The van der Waals surface area contributed by atoms with E-state index in [4.69, 9.17) is 13.9 Å². The number of hydrogen-bond donors (Lipinski definition) is 1. The number of amides is 1. The van der Waals surface area contributed by atoms with Crippen molar-refractivity contribution < 1.29 is 33.0 Å². The summed E-state index contributed by atoms with van der Waals surface area (Å²) in [6.07, 6.45) is -0.287. The fourth-order valence-corrected chi connectivity index (χ4v) is 3.04. The van der Waals surface area contributed by atoms with Gasteiger partial charge in [-0.15, -0.1) is 0 Å². The van der Waals surface area contributed by atoms with Crippen molar-refractivity contribution >= 4 is 12.1 Å². The van der Waals surface area contributed by atoms with Crippen LogP contribution in [0.15, 0.2) is 52.9 Å². The first-order chi connectivity index (χ1) is 15.3. The van der Waals surface area contributed by atoms with E-state index in [9.17, 15) is 19.1 Å². The summed E-state index contributed by atoms with van der Waals surface area (Å²) in [4.78, 5) is 29.1. The molecule has 1 heterocycles. The fourth-order valence-electron chi connectivity index (χ4n) is 3.04. The normalized spacial score (nSPS) is 10.6. The lowest BCUT2D eigenvalue weighted by atomic mass is 10.2. The van der Waals surface area contributed by atoms with Crippen molar-refractivity contribution in [2.45, 2.75) is 26.8 Å². The van der Waals surface area contributed by atoms with Crippen LogP contribution in [0.2, 0.25) is 0 Å². The SMILES string of the molecule is Cc1nc(CCOc2cccc(CN(CC(=O)O)C(=O)Oc3ccc(F)cc3)c2)c(C)o1. The van der Waals surface area contributed by atoms with Gasteiger partial charge in [-0.05, 0) is 48.9 Å². The highest BCUT2D eigenvalue weighted by molar-refractivity contribution is 5.78. The smallest absolute Gasteiger partial charge is 0.416 e. The Morgan fingerprint density at radius 2 is 1.88 bits per heavy atom. The lowest BCUT2D eigenvalue weighted by Crippen LogP contribution is -2.37. The summed E-state index contributed by atoms with van der Waals surface area (Å²) in [5.74, 6) is 0.378. The Balaban J connectivity index is 1.62. The number of carboxylic acids is 1. The van der Waals surface area contributed by atoms with Gasteiger partial charge in [-0.25, -0.2) is 14.2 Å². The Bertz CT molecular complexity index is 1080. The monoisotopic (exact) mass is 442 g/mol. The maximum atomic E-state index is 13.0. The van der Waals surface area contributed by atoms with Crippen LogP contribution in [0.4, 0.5) is 9.18 Å². The molecular formula is C23H23FN2O6. The van der Waals surface area contributed by atoms with Crippen LogP contribution in [-0.2, 0) is 17.8 Å². The topological polar surface area (TPSA) is 102 Å². The van der Waals surface area contributed by atoms with Crippen LogP contribution < -0.4 is 9.47 Å². The molecule has 1 aromatic heterocycles. The zero-order valence-corrected chi connectivity index (χ0v) is 17.7. The van der Waals surface area contributed by atoms with Gasteiger partial charge < -0.3 is 19.0 Å². The molecule has 2 aromatic carbocycles. The molecule has 0 saturated heterocycles. The largest absolute Gasteiger partial charge is 0.493 e. The Morgan fingerprint density at radius 1 is 1.12 bits per heavy atom. The number of halogens is 1. The van der Waals surface area contributed by atoms with Crippen molar-refractivity contribution in [3.05, 3.63) is 77.3 Å². The minimum Gasteiger partial charge on any atom is -0.493 e. The summed E-state index contributed by atoms with van der Waals surface area (Å²) < 4.78 is 29.4. The van der Waals surface area contributed by atoms with Crippen LogP contribution in [0.25, 0.3) is 0 Å². The Hall–Kier alpha value is -3.88. The maximum absolute atomic E-state index is 13.0. The number of carboxylic acid groups (broad SMARTS) is 1. The zero-order valence-electron chi connectivity index (χ0n) is 17.7. The molecule has 0 saturated carbocycles. The highest BCUT2D eigenvalue weighted by Gasteiger charge is 2.20. The van der Waals surface area contributed by atoms with E-state index in [1.54, 1.807) is 31.2 Å². The van der Waals surface area contributed by atoms with Gasteiger partial charge in [-0.1, -0.05) is 12.1 Å². The molecule has 3 rings (SSSR count). The summed E-state index contributed by atoms with van der Waals surface area (Å²) in [7, 11) is 0. The minimum atomic E-state index is -1.19. The molecule has 0 spiro atoms. The molecule has 3 aromatic rings. The van der Waals surface area contributed by atoms with Gasteiger partial charge in [0.05, 0.1) is 12.3 Å². The van der Waals surface area contributed by atoms with Gasteiger partial charge in [0.25, 0.3) is 0 Å². The average molecular weight is 442 g/mol. The highest BCUT2D eigenvalue weighted by Crippen LogP contribution is 2.18. The van der Waals surface area contributed by atoms with Crippen molar-refractivity contribution in [3.8, 4) is 11.5 Å². The molecule has 0 fully saturated rings. The number of aryl methyl sites for hydroxylation is 2. The molecule has 9 heteroatoms. The van der Waals surface area contributed by atoms with E-state index in [0.29, 0.717) is 30.2 Å². The number of carbonyl (C=O) groups excluding carboxylic acids is 1. The molecule has 0 unspecified atom stereocenters. The second-order valence-corrected chi connectivity index (χ2v) is 7.05. The van der Waals surface area contributed by atoms with E-state index in [-0.39, 0.29) is 12.3 Å². The molecule has 1 amide bonds. The molecule has 0 atom stereocenters. The molecule has 0 radical (unpaired) electrons. The zero-order chi connectivity index (χ0) is 23.1. The van der Waals surface area contributed by atoms with Crippen LogP contribution in [0, 0.1) is 19.7 Å². The number of aliphatic carboxylic acids is 1. The molecular weight excluding hydrogens is 419 g/mol. The van der Waals surface area contributed by atoms with Gasteiger partial charge in [0.1, 0.15) is 29.6 Å². The predicted octanol–water partition coefficient (Wildman–Crippen LogP) is 4.14. The quantitative estimate of drug-likeness (QED) is 0.531. The number of benzene rings is 2. The standard InChI is InChI=1S/C23H23FN2O6/c1-15-21(25-16(2)31-15)10-11-30-20-5-3-4-17(12-20)13-26(14-22(27)28)23(29)32-19-8-6-18(24)7-9-19/h3-9,12H,10-11,13-14H2,1-2H3,(H,27,28). The van der Waals surface area contributed by atoms with Gasteiger partial charge in [-0.2, -0.15) is 0 Å². The van der Waals surface area contributed by atoms with E-state index in [2.05, 4.69) is 4.98 Å². The lowest BCUT2D eigenvalue weighted by molar-refractivity contribution is -0.138.